The van der Waals surface area contributed by atoms with Gasteiger partial charge in [0.2, 0.25) is 15.6 Å². The molecule has 0 spiro atoms. The van der Waals surface area contributed by atoms with Crippen molar-refractivity contribution in [3.63, 3.8) is 0 Å². The number of anilines is 1. The van der Waals surface area contributed by atoms with Gasteiger partial charge in [-0.25, -0.2) is 34.2 Å². The summed E-state index contributed by atoms with van der Waals surface area (Å²) < 4.78 is 53.8. The molecule has 0 atom stereocenters. The third-order valence-electron chi connectivity index (χ3n) is 5.50. The van der Waals surface area contributed by atoms with E-state index in [9.17, 15) is 8.42 Å². The SMILES string of the molecule is [2H]C([2H])([2H])c1ccc(S(=O)(=O)NC23CC([N+]#[C-])(C2)C3)cc1-c1cnc2c(N)ncnn12. The first kappa shape index (κ1) is 14.0. The van der Waals surface area contributed by atoms with E-state index < -0.39 is 28.0 Å². The summed E-state index contributed by atoms with van der Waals surface area (Å²) in [5.74, 6) is 0.111. The number of nitrogen functional groups attached to an aromatic ring is 1. The second kappa shape index (κ2) is 5.27. The Bertz CT molecular complexity index is 1370. The van der Waals surface area contributed by atoms with E-state index in [1.54, 1.807) is 0 Å². The van der Waals surface area contributed by atoms with Crippen molar-refractivity contribution in [1.29, 1.82) is 0 Å². The average Bonchev–Trinajstić information content (AvgIpc) is 3.07. The lowest BCUT2D eigenvalue weighted by Gasteiger charge is -2.61. The van der Waals surface area contributed by atoms with Crippen molar-refractivity contribution in [2.75, 3.05) is 5.73 Å². The van der Waals surface area contributed by atoms with Gasteiger partial charge in [0.15, 0.2) is 11.5 Å². The number of rotatable bonds is 4. The molecule has 0 radical (unpaired) electrons. The summed E-state index contributed by atoms with van der Waals surface area (Å²) in [4.78, 5) is 11.5. The maximum Gasteiger partial charge on any atom is 0.241 e. The summed E-state index contributed by atoms with van der Waals surface area (Å²) in [6.45, 7) is 4.72. The quantitative estimate of drug-likeness (QED) is 0.644. The van der Waals surface area contributed by atoms with E-state index >= 15 is 0 Å². The van der Waals surface area contributed by atoms with Crippen LogP contribution in [0.3, 0.4) is 0 Å². The van der Waals surface area contributed by atoms with Gasteiger partial charge in [-0.15, -0.1) is 0 Å². The minimum Gasteiger partial charge on any atom is -0.381 e. The third kappa shape index (κ3) is 2.26. The van der Waals surface area contributed by atoms with E-state index in [0.717, 1.165) is 0 Å². The lowest BCUT2D eigenvalue weighted by Crippen LogP contribution is -2.77. The van der Waals surface area contributed by atoms with Gasteiger partial charge in [0, 0.05) is 28.9 Å². The number of benzene rings is 1. The number of nitrogens with zero attached hydrogens (tertiary/aromatic N) is 5. The molecule has 28 heavy (non-hydrogen) atoms. The van der Waals surface area contributed by atoms with Crippen molar-refractivity contribution < 1.29 is 12.5 Å². The van der Waals surface area contributed by atoms with Crippen LogP contribution in [-0.2, 0) is 10.0 Å². The number of sulfonamides is 1. The molecule has 2 heterocycles. The molecule has 6 rings (SSSR count). The van der Waals surface area contributed by atoms with Crippen LogP contribution in [0.4, 0.5) is 5.82 Å². The Morgan fingerprint density at radius 3 is 2.86 bits per heavy atom. The molecule has 3 N–H and O–H groups in total. The zero-order valence-corrected chi connectivity index (χ0v) is 15.4. The van der Waals surface area contributed by atoms with E-state index in [2.05, 4.69) is 24.6 Å². The number of fused-ring (bicyclic) bond motifs is 1. The third-order valence-corrected chi connectivity index (χ3v) is 7.07. The molecule has 0 unspecified atom stereocenters. The van der Waals surface area contributed by atoms with Crippen LogP contribution < -0.4 is 10.5 Å². The van der Waals surface area contributed by atoms with E-state index in [1.165, 1.54) is 35.2 Å². The Morgan fingerprint density at radius 2 is 2.14 bits per heavy atom. The normalized spacial score (nSPS) is 27.8. The highest BCUT2D eigenvalue weighted by Crippen LogP contribution is 2.63. The van der Waals surface area contributed by atoms with Gasteiger partial charge in [-0.1, -0.05) is 6.07 Å². The standard InChI is InChI=1S/C18H17N7O2S/c1-11-3-4-12(28(26,27)24-18-7-17(8-18,9-18)20-2)5-13(11)14-6-21-16-15(19)22-10-23-25(14)16/h3-6,10,24H,7-9H2,1H3,(H2,19,22,23)/i1D3. The second-order valence-electron chi connectivity index (χ2n) is 7.48. The highest BCUT2D eigenvalue weighted by Gasteiger charge is 2.75. The number of aryl methyl sites for hydroxylation is 1. The van der Waals surface area contributed by atoms with E-state index in [-0.39, 0.29) is 33.2 Å². The predicted octanol–water partition coefficient (Wildman–Crippen LogP) is 1.55. The lowest BCUT2D eigenvalue weighted by atomic mass is 9.45. The fourth-order valence-corrected chi connectivity index (χ4v) is 5.65. The van der Waals surface area contributed by atoms with Crippen molar-refractivity contribution in [3.8, 4) is 11.3 Å². The molecule has 1 aromatic carbocycles. The fraction of sp³-hybridized carbons (Fsp3) is 0.333. The summed E-state index contributed by atoms with van der Waals surface area (Å²) in [6.07, 6.45) is 4.07. The zero-order valence-electron chi connectivity index (χ0n) is 17.5. The molecule has 0 amide bonds. The molecule has 142 valence electrons. The van der Waals surface area contributed by atoms with Crippen molar-refractivity contribution in [2.24, 2.45) is 0 Å². The van der Waals surface area contributed by atoms with Crippen molar-refractivity contribution >= 4 is 21.5 Å². The highest BCUT2D eigenvalue weighted by atomic mass is 32.2. The first-order valence-electron chi connectivity index (χ1n) is 9.99. The molecule has 3 fully saturated rings. The van der Waals surface area contributed by atoms with E-state index in [1.807, 2.05) is 0 Å². The highest BCUT2D eigenvalue weighted by molar-refractivity contribution is 7.89. The van der Waals surface area contributed by atoms with Gasteiger partial charge < -0.3 is 10.6 Å². The fourth-order valence-electron chi connectivity index (χ4n) is 4.23. The molecule has 3 aliphatic rings. The molecule has 9 nitrogen and oxygen atoms in total. The Morgan fingerprint density at radius 1 is 1.36 bits per heavy atom. The van der Waals surface area contributed by atoms with Crippen molar-refractivity contribution in [2.45, 2.75) is 42.1 Å². The van der Waals surface area contributed by atoms with Gasteiger partial charge in [0.05, 0.1) is 22.3 Å². The monoisotopic (exact) mass is 398 g/mol. The summed E-state index contributed by atoms with van der Waals surface area (Å²) in [5.41, 5.74) is 5.44. The van der Waals surface area contributed by atoms with Crippen LogP contribution in [0.1, 0.15) is 28.9 Å². The molecule has 2 aromatic heterocycles. The minimum atomic E-state index is -3.94. The van der Waals surface area contributed by atoms with E-state index in [0.29, 0.717) is 19.3 Å². The minimum absolute atomic E-state index is 0.0390. The molecular formula is C18H17N7O2S. The predicted molar refractivity (Wildman–Crippen MR) is 102 cm³/mol. The largest absolute Gasteiger partial charge is 0.381 e. The molecular weight excluding hydrogens is 378 g/mol. The van der Waals surface area contributed by atoms with Gasteiger partial charge >= 0.3 is 0 Å². The van der Waals surface area contributed by atoms with Crippen LogP contribution in [0.2, 0.25) is 0 Å². The second-order valence-corrected chi connectivity index (χ2v) is 9.17. The number of hydrogen-bond acceptors (Lipinski definition) is 6. The van der Waals surface area contributed by atoms with Crippen LogP contribution in [-0.4, -0.2) is 39.1 Å². The maximum absolute atomic E-state index is 13.1. The first-order valence-corrected chi connectivity index (χ1v) is 9.98. The van der Waals surface area contributed by atoms with Crippen LogP contribution >= 0.6 is 0 Å². The Kier molecular flexibility index (Phi) is 2.64. The number of hydrogen-bond donors (Lipinski definition) is 2. The Hall–Kier alpha value is -3.03. The van der Waals surface area contributed by atoms with E-state index in [4.69, 9.17) is 16.4 Å². The summed E-state index contributed by atoms with van der Waals surface area (Å²) in [5, 5.41) is 4.08. The van der Waals surface area contributed by atoms with Crippen molar-refractivity contribution in [3.05, 3.63) is 47.7 Å². The van der Waals surface area contributed by atoms with Crippen molar-refractivity contribution in [1.82, 2.24) is 24.3 Å². The molecule has 3 saturated carbocycles. The molecule has 10 heteroatoms. The first-order chi connectivity index (χ1) is 14.5. The summed E-state index contributed by atoms with van der Waals surface area (Å²) in [6, 6.07) is 3.86. The number of aromatic nitrogens is 4. The molecule has 3 aliphatic carbocycles. The Labute approximate surface area is 165 Å². The molecule has 0 aliphatic heterocycles. The molecule has 3 aromatic rings. The molecule has 2 bridgehead atoms. The van der Waals surface area contributed by atoms with Crippen LogP contribution in [0.5, 0.6) is 0 Å². The molecule has 0 saturated heterocycles. The van der Waals surface area contributed by atoms with Gasteiger partial charge in [0.25, 0.3) is 0 Å². The maximum atomic E-state index is 13.1. The number of imidazole rings is 1. The van der Waals surface area contributed by atoms with Crippen LogP contribution in [0.25, 0.3) is 21.7 Å². The zero-order chi connectivity index (χ0) is 22.2. The van der Waals surface area contributed by atoms with Gasteiger partial charge in [-0.05, 0) is 24.5 Å². The van der Waals surface area contributed by atoms with Crippen LogP contribution in [0.15, 0.2) is 35.6 Å². The van der Waals surface area contributed by atoms with Gasteiger partial charge in [-0.3, -0.25) is 0 Å². The number of nitrogens with two attached hydrogens (primary N) is 1. The number of nitrogens with one attached hydrogen (secondary N) is 1. The topological polar surface area (TPSA) is 120 Å². The van der Waals surface area contributed by atoms with Crippen LogP contribution in [0, 0.1) is 13.4 Å². The Balaban J connectivity index is 1.60. The summed E-state index contributed by atoms with van der Waals surface area (Å²) >= 11 is 0. The van der Waals surface area contributed by atoms with Gasteiger partial charge in [0.1, 0.15) is 6.33 Å². The van der Waals surface area contributed by atoms with Gasteiger partial charge in [-0.2, -0.15) is 5.10 Å². The average molecular weight is 398 g/mol. The smallest absolute Gasteiger partial charge is 0.241 e. The summed E-state index contributed by atoms with van der Waals surface area (Å²) in [7, 11) is -3.94. The lowest BCUT2D eigenvalue weighted by molar-refractivity contribution is -0.0328.